The molecular formula is C16H16FN3O4. The van der Waals surface area contributed by atoms with Crippen LogP contribution in [0.4, 0.5) is 4.39 Å². The molecule has 1 N–H and O–H groups in total. The number of hydrogen-bond acceptors (Lipinski definition) is 4. The van der Waals surface area contributed by atoms with E-state index in [0.717, 1.165) is 0 Å². The smallest absolute Gasteiger partial charge is 0.328 e. The van der Waals surface area contributed by atoms with E-state index in [1.807, 2.05) is 0 Å². The standard InChI is InChI=1S/C16H16FN3O4/c1-10-8-11(17)2-3-13(10)20-5-4-12(18-20)15(21)19-6-7-24-9-14(19)16(22)23/h2-5,8,14H,6-7,9H2,1H3,(H,22,23). The van der Waals surface area contributed by atoms with E-state index in [2.05, 4.69) is 5.10 Å². The van der Waals surface area contributed by atoms with Crippen LogP contribution in [0.1, 0.15) is 16.1 Å². The normalized spacial score (nSPS) is 17.8. The van der Waals surface area contributed by atoms with Gasteiger partial charge in [0.2, 0.25) is 0 Å². The van der Waals surface area contributed by atoms with Crippen molar-refractivity contribution in [3.63, 3.8) is 0 Å². The summed E-state index contributed by atoms with van der Waals surface area (Å²) in [5.74, 6) is -1.93. The Kier molecular flexibility index (Phi) is 4.30. The molecule has 1 amide bonds. The second kappa shape index (κ2) is 6.40. The molecule has 1 aliphatic heterocycles. The maximum absolute atomic E-state index is 13.2. The zero-order valence-electron chi connectivity index (χ0n) is 13.0. The molecule has 7 nitrogen and oxygen atoms in total. The van der Waals surface area contributed by atoms with Crippen molar-refractivity contribution >= 4 is 11.9 Å². The van der Waals surface area contributed by atoms with Crippen molar-refractivity contribution in [3.8, 4) is 5.69 Å². The summed E-state index contributed by atoms with van der Waals surface area (Å²) in [6.07, 6.45) is 1.59. The lowest BCUT2D eigenvalue weighted by molar-refractivity contribution is -0.147. The summed E-state index contributed by atoms with van der Waals surface area (Å²) >= 11 is 0. The fourth-order valence-corrected chi connectivity index (χ4v) is 2.65. The predicted molar refractivity (Wildman–Crippen MR) is 81.5 cm³/mol. The van der Waals surface area contributed by atoms with Crippen LogP contribution in [0.2, 0.25) is 0 Å². The molecule has 1 fully saturated rings. The lowest BCUT2D eigenvalue weighted by atomic mass is 10.2. The zero-order valence-corrected chi connectivity index (χ0v) is 13.0. The molecule has 1 atom stereocenters. The van der Waals surface area contributed by atoms with Crippen molar-refractivity contribution < 1.29 is 23.8 Å². The van der Waals surface area contributed by atoms with Crippen molar-refractivity contribution in [2.75, 3.05) is 19.8 Å². The summed E-state index contributed by atoms with van der Waals surface area (Å²) in [4.78, 5) is 25.1. The van der Waals surface area contributed by atoms with Gasteiger partial charge < -0.3 is 14.7 Å². The number of aliphatic carboxylic acids is 1. The number of amides is 1. The van der Waals surface area contributed by atoms with E-state index in [-0.39, 0.29) is 31.3 Å². The van der Waals surface area contributed by atoms with Gasteiger partial charge in [0.15, 0.2) is 11.7 Å². The van der Waals surface area contributed by atoms with Crippen LogP contribution in [-0.4, -0.2) is 57.5 Å². The van der Waals surface area contributed by atoms with Crippen LogP contribution in [-0.2, 0) is 9.53 Å². The molecule has 2 aromatic rings. The Balaban J connectivity index is 1.87. The van der Waals surface area contributed by atoms with E-state index in [1.54, 1.807) is 19.2 Å². The van der Waals surface area contributed by atoms with Gasteiger partial charge in [-0.1, -0.05) is 0 Å². The lowest BCUT2D eigenvalue weighted by Crippen LogP contribution is -2.52. The number of carboxylic acid groups (broad SMARTS) is 1. The maximum Gasteiger partial charge on any atom is 0.328 e. The third-order valence-electron chi connectivity index (χ3n) is 3.89. The van der Waals surface area contributed by atoms with Gasteiger partial charge in [-0.15, -0.1) is 0 Å². The number of morpholine rings is 1. The largest absolute Gasteiger partial charge is 0.480 e. The van der Waals surface area contributed by atoms with Crippen molar-refractivity contribution in [2.24, 2.45) is 0 Å². The Labute approximate surface area is 137 Å². The molecule has 0 aliphatic carbocycles. The summed E-state index contributed by atoms with van der Waals surface area (Å²) in [7, 11) is 0. The van der Waals surface area contributed by atoms with Crippen LogP contribution in [0.25, 0.3) is 5.69 Å². The number of carbonyl (C=O) groups excluding carboxylic acids is 1. The van der Waals surface area contributed by atoms with E-state index in [1.165, 1.54) is 27.8 Å². The van der Waals surface area contributed by atoms with Gasteiger partial charge in [0.1, 0.15) is 5.82 Å². The Morgan fingerprint density at radius 3 is 2.88 bits per heavy atom. The van der Waals surface area contributed by atoms with Gasteiger partial charge in [-0.2, -0.15) is 5.10 Å². The molecule has 3 rings (SSSR count). The number of ether oxygens (including phenoxy) is 1. The molecule has 1 aromatic heterocycles. The van der Waals surface area contributed by atoms with Gasteiger partial charge >= 0.3 is 5.97 Å². The Bertz CT molecular complexity index is 789. The molecule has 0 saturated carbocycles. The molecule has 1 saturated heterocycles. The number of halogens is 1. The van der Waals surface area contributed by atoms with Gasteiger partial charge in [0, 0.05) is 12.7 Å². The Morgan fingerprint density at radius 2 is 2.17 bits per heavy atom. The summed E-state index contributed by atoms with van der Waals surface area (Å²) in [6.45, 7) is 2.18. The van der Waals surface area contributed by atoms with Crippen molar-refractivity contribution in [2.45, 2.75) is 13.0 Å². The van der Waals surface area contributed by atoms with Gasteiger partial charge in [-0.3, -0.25) is 4.79 Å². The first kappa shape index (κ1) is 16.1. The fourth-order valence-electron chi connectivity index (χ4n) is 2.65. The first-order valence-corrected chi connectivity index (χ1v) is 7.41. The molecule has 0 spiro atoms. The summed E-state index contributed by atoms with van der Waals surface area (Å²) in [5, 5.41) is 13.4. The molecule has 8 heteroatoms. The highest BCUT2D eigenvalue weighted by Crippen LogP contribution is 2.17. The molecule has 0 bridgehead atoms. The maximum atomic E-state index is 13.2. The Hall–Kier alpha value is -2.74. The minimum absolute atomic E-state index is 0.0428. The number of benzene rings is 1. The van der Waals surface area contributed by atoms with Crippen molar-refractivity contribution in [1.29, 1.82) is 0 Å². The summed E-state index contributed by atoms with van der Waals surface area (Å²) < 4.78 is 19.8. The average molecular weight is 333 g/mol. The highest BCUT2D eigenvalue weighted by atomic mass is 19.1. The second-order valence-corrected chi connectivity index (χ2v) is 5.50. The molecule has 2 heterocycles. The van der Waals surface area contributed by atoms with Crippen LogP contribution >= 0.6 is 0 Å². The molecule has 0 radical (unpaired) electrons. The SMILES string of the molecule is Cc1cc(F)ccc1-n1ccc(C(=O)N2CCOCC2C(=O)O)n1. The number of rotatable bonds is 3. The monoisotopic (exact) mass is 333 g/mol. The van der Waals surface area contributed by atoms with Crippen LogP contribution < -0.4 is 0 Å². The first-order valence-electron chi connectivity index (χ1n) is 7.41. The third kappa shape index (κ3) is 3.00. The van der Waals surface area contributed by atoms with E-state index in [9.17, 15) is 19.1 Å². The third-order valence-corrected chi connectivity index (χ3v) is 3.89. The van der Waals surface area contributed by atoms with Crippen LogP contribution in [0, 0.1) is 12.7 Å². The topological polar surface area (TPSA) is 84.7 Å². The van der Waals surface area contributed by atoms with Crippen molar-refractivity contribution in [3.05, 3.63) is 47.5 Å². The number of nitrogens with zero attached hydrogens (tertiary/aromatic N) is 3. The molecular weight excluding hydrogens is 317 g/mol. The molecule has 126 valence electrons. The van der Waals surface area contributed by atoms with Crippen molar-refractivity contribution in [1.82, 2.24) is 14.7 Å². The van der Waals surface area contributed by atoms with Gasteiger partial charge in [0.05, 0.1) is 18.9 Å². The minimum Gasteiger partial charge on any atom is -0.480 e. The quantitative estimate of drug-likeness (QED) is 0.914. The Morgan fingerprint density at radius 1 is 1.38 bits per heavy atom. The second-order valence-electron chi connectivity index (χ2n) is 5.50. The lowest BCUT2D eigenvalue weighted by Gasteiger charge is -2.32. The summed E-state index contributed by atoms with van der Waals surface area (Å²) in [6, 6.07) is 4.75. The number of hydrogen-bond donors (Lipinski definition) is 1. The van der Waals surface area contributed by atoms with E-state index in [4.69, 9.17) is 4.74 Å². The zero-order chi connectivity index (χ0) is 17.3. The van der Waals surface area contributed by atoms with E-state index >= 15 is 0 Å². The average Bonchev–Trinajstić information content (AvgIpc) is 3.03. The van der Waals surface area contributed by atoms with Gasteiger partial charge in [-0.25, -0.2) is 13.9 Å². The molecule has 1 aromatic carbocycles. The first-order chi connectivity index (χ1) is 11.5. The van der Waals surface area contributed by atoms with Crippen LogP contribution in [0.15, 0.2) is 30.5 Å². The number of aromatic nitrogens is 2. The molecule has 1 aliphatic rings. The summed E-state index contributed by atoms with van der Waals surface area (Å²) in [5.41, 5.74) is 1.45. The molecule has 1 unspecified atom stereocenters. The van der Waals surface area contributed by atoms with Gasteiger partial charge in [-0.05, 0) is 36.8 Å². The highest BCUT2D eigenvalue weighted by molar-refractivity contribution is 5.95. The predicted octanol–water partition coefficient (Wildman–Crippen LogP) is 1.25. The number of carboxylic acids is 1. The minimum atomic E-state index is -1.11. The number of carbonyl (C=O) groups is 2. The number of aryl methyl sites for hydroxylation is 1. The van der Waals surface area contributed by atoms with E-state index < -0.39 is 17.9 Å². The van der Waals surface area contributed by atoms with Crippen LogP contribution in [0.5, 0.6) is 0 Å². The highest BCUT2D eigenvalue weighted by Gasteiger charge is 2.34. The fraction of sp³-hybridized carbons (Fsp3) is 0.312. The van der Waals surface area contributed by atoms with Gasteiger partial charge in [0.25, 0.3) is 5.91 Å². The van der Waals surface area contributed by atoms with Crippen LogP contribution in [0.3, 0.4) is 0 Å². The van der Waals surface area contributed by atoms with E-state index in [0.29, 0.717) is 11.3 Å². The molecule has 24 heavy (non-hydrogen) atoms.